The summed E-state index contributed by atoms with van der Waals surface area (Å²) < 4.78 is 66.2. The van der Waals surface area contributed by atoms with Crippen LogP contribution in [0.4, 0.5) is 13.2 Å². The molecule has 1 aliphatic heterocycles. The molecule has 1 aliphatic rings. The SMILES string of the molecule is CS(=O)(=O)N1CCc2cc(-c3noc(C(F)(F)F)n3)ccc2C1. The smallest absolute Gasteiger partial charge is 0.329 e. The second-order valence-electron chi connectivity index (χ2n) is 5.25. The van der Waals surface area contributed by atoms with Crippen molar-refractivity contribution in [3.8, 4) is 11.4 Å². The molecule has 0 saturated heterocycles. The first-order valence-corrected chi connectivity index (χ1v) is 8.47. The zero-order chi connectivity index (χ0) is 16.8. The highest BCUT2D eigenvalue weighted by Crippen LogP contribution is 2.30. The van der Waals surface area contributed by atoms with Gasteiger partial charge >= 0.3 is 12.1 Å². The van der Waals surface area contributed by atoms with Crippen LogP contribution in [-0.4, -0.2) is 35.7 Å². The van der Waals surface area contributed by atoms with E-state index in [0.29, 0.717) is 18.5 Å². The number of aromatic nitrogens is 2. The number of sulfonamides is 1. The van der Waals surface area contributed by atoms with Crippen LogP contribution in [0.3, 0.4) is 0 Å². The zero-order valence-electron chi connectivity index (χ0n) is 12.0. The summed E-state index contributed by atoms with van der Waals surface area (Å²) in [6, 6.07) is 4.89. The molecule has 10 heteroatoms. The third-order valence-electron chi connectivity index (χ3n) is 3.58. The van der Waals surface area contributed by atoms with Crippen molar-refractivity contribution in [1.82, 2.24) is 14.4 Å². The van der Waals surface area contributed by atoms with Gasteiger partial charge in [0.1, 0.15) is 0 Å². The molecule has 0 atom stereocenters. The van der Waals surface area contributed by atoms with Gasteiger partial charge in [0.25, 0.3) is 0 Å². The van der Waals surface area contributed by atoms with E-state index in [9.17, 15) is 21.6 Å². The minimum absolute atomic E-state index is 0.148. The highest BCUT2D eigenvalue weighted by atomic mass is 32.2. The Morgan fingerprint density at radius 2 is 2.00 bits per heavy atom. The van der Waals surface area contributed by atoms with E-state index in [0.717, 1.165) is 17.4 Å². The van der Waals surface area contributed by atoms with Crippen molar-refractivity contribution in [3.63, 3.8) is 0 Å². The Balaban J connectivity index is 1.90. The summed E-state index contributed by atoms with van der Waals surface area (Å²) in [7, 11) is -3.28. The lowest BCUT2D eigenvalue weighted by atomic mass is 9.98. The topological polar surface area (TPSA) is 76.3 Å². The fourth-order valence-corrected chi connectivity index (χ4v) is 3.20. The van der Waals surface area contributed by atoms with Crippen molar-refractivity contribution in [2.75, 3.05) is 12.8 Å². The Labute approximate surface area is 130 Å². The molecule has 23 heavy (non-hydrogen) atoms. The minimum atomic E-state index is -4.69. The molecule has 0 N–H and O–H groups in total. The molecule has 3 rings (SSSR count). The van der Waals surface area contributed by atoms with E-state index < -0.39 is 22.1 Å². The van der Waals surface area contributed by atoms with E-state index in [4.69, 9.17) is 0 Å². The first-order chi connectivity index (χ1) is 10.6. The molecular weight excluding hydrogens is 335 g/mol. The van der Waals surface area contributed by atoms with Crippen LogP contribution in [0, 0.1) is 0 Å². The van der Waals surface area contributed by atoms with Gasteiger partial charge in [0.15, 0.2) is 0 Å². The molecule has 0 bridgehead atoms. The van der Waals surface area contributed by atoms with Crippen LogP contribution >= 0.6 is 0 Å². The minimum Gasteiger partial charge on any atom is -0.329 e. The van der Waals surface area contributed by atoms with Crippen molar-refractivity contribution >= 4 is 10.0 Å². The highest BCUT2D eigenvalue weighted by Gasteiger charge is 2.38. The number of rotatable bonds is 2. The second kappa shape index (κ2) is 5.31. The summed E-state index contributed by atoms with van der Waals surface area (Å²) >= 11 is 0. The summed E-state index contributed by atoms with van der Waals surface area (Å²) in [5, 5.41) is 3.34. The van der Waals surface area contributed by atoms with Crippen LogP contribution < -0.4 is 0 Å². The van der Waals surface area contributed by atoms with Gasteiger partial charge in [-0.05, 0) is 23.6 Å². The van der Waals surface area contributed by atoms with Gasteiger partial charge < -0.3 is 4.52 Å². The third-order valence-corrected chi connectivity index (χ3v) is 4.83. The molecule has 0 spiro atoms. The number of hydrogen-bond acceptors (Lipinski definition) is 5. The maximum atomic E-state index is 12.5. The summed E-state index contributed by atoms with van der Waals surface area (Å²) in [5.41, 5.74) is 2.07. The van der Waals surface area contributed by atoms with Crippen molar-refractivity contribution in [1.29, 1.82) is 0 Å². The standard InChI is InChI=1S/C13H12F3N3O3S/c1-23(20,21)19-5-4-8-6-9(2-3-10(8)7-19)11-17-12(22-18-11)13(14,15)16/h2-3,6H,4-5,7H2,1H3. The van der Waals surface area contributed by atoms with Crippen LogP contribution in [0.1, 0.15) is 17.0 Å². The lowest BCUT2D eigenvalue weighted by molar-refractivity contribution is -0.159. The molecule has 124 valence electrons. The molecule has 1 aromatic carbocycles. The molecular formula is C13H12F3N3O3S. The Hall–Kier alpha value is -1.94. The van der Waals surface area contributed by atoms with Crippen molar-refractivity contribution in [3.05, 3.63) is 35.2 Å². The van der Waals surface area contributed by atoms with Gasteiger partial charge in [-0.25, -0.2) is 8.42 Å². The van der Waals surface area contributed by atoms with Gasteiger partial charge in [-0.3, -0.25) is 0 Å². The average Bonchev–Trinajstić information content (AvgIpc) is 2.95. The maximum absolute atomic E-state index is 12.5. The Morgan fingerprint density at radius 1 is 1.26 bits per heavy atom. The first-order valence-electron chi connectivity index (χ1n) is 6.63. The van der Waals surface area contributed by atoms with E-state index >= 15 is 0 Å². The van der Waals surface area contributed by atoms with E-state index in [2.05, 4.69) is 14.7 Å². The molecule has 0 unspecified atom stereocenters. The zero-order valence-corrected chi connectivity index (χ0v) is 12.8. The van der Waals surface area contributed by atoms with Crippen LogP contribution in [0.2, 0.25) is 0 Å². The summed E-state index contributed by atoms with van der Waals surface area (Å²) in [6.07, 6.45) is -3.07. The predicted molar refractivity (Wildman–Crippen MR) is 73.7 cm³/mol. The quantitative estimate of drug-likeness (QED) is 0.831. The van der Waals surface area contributed by atoms with Gasteiger partial charge in [0.2, 0.25) is 15.8 Å². The van der Waals surface area contributed by atoms with E-state index in [-0.39, 0.29) is 12.4 Å². The molecule has 0 saturated carbocycles. The van der Waals surface area contributed by atoms with E-state index in [1.807, 2.05) is 0 Å². The Morgan fingerprint density at radius 3 is 2.61 bits per heavy atom. The number of alkyl halides is 3. The first kappa shape index (κ1) is 15.9. The lowest BCUT2D eigenvalue weighted by Gasteiger charge is -2.26. The molecule has 0 fully saturated rings. The number of fused-ring (bicyclic) bond motifs is 1. The highest BCUT2D eigenvalue weighted by molar-refractivity contribution is 7.88. The number of halogens is 3. The fourth-order valence-electron chi connectivity index (χ4n) is 2.41. The Bertz CT molecular complexity index is 846. The van der Waals surface area contributed by atoms with Crippen LogP contribution in [0.15, 0.2) is 22.7 Å². The van der Waals surface area contributed by atoms with Crippen LogP contribution in [0.25, 0.3) is 11.4 Å². The lowest BCUT2D eigenvalue weighted by Crippen LogP contribution is -2.35. The number of nitrogens with zero attached hydrogens (tertiary/aromatic N) is 3. The van der Waals surface area contributed by atoms with Crippen molar-refractivity contribution in [2.24, 2.45) is 0 Å². The molecule has 0 aliphatic carbocycles. The second-order valence-corrected chi connectivity index (χ2v) is 7.23. The van der Waals surface area contributed by atoms with Crippen LogP contribution in [-0.2, 0) is 29.2 Å². The molecule has 2 aromatic rings. The average molecular weight is 347 g/mol. The van der Waals surface area contributed by atoms with Crippen LogP contribution in [0.5, 0.6) is 0 Å². The van der Waals surface area contributed by atoms with Gasteiger partial charge in [-0.1, -0.05) is 17.3 Å². The largest absolute Gasteiger partial charge is 0.471 e. The molecule has 0 amide bonds. The van der Waals surface area contributed by atoms with Gasteiger partial charge in [-0.2, -0.15) is 22.5 Å². The molecule has 1 aromatic heterocycles. The van der Waals surface area contributed by atoms with E-state index in [1.54, 1.807) is 18.2 Å². The van der Waals surface area contributed by atoms with Crippen molar-refractivity contribution in [2.45, 2.75) is 19.1 Å². The summed E-state index contributed by atoms with van der Waals surface area (Å²) in [5.74, 6) is -1.54. The van der Waals surface area contributed by atoms with Gasteiger partial charge in [-0.15, -0.1) is 0 Å². The summed E-state index contributed by atoms with van der Waals surface area (Å²) in [6.45, 7) is 0.573. The number of benzene rings is 1. The maximum Gasteiger partial charge on any atom is 0.471 e. The Kier molecular flexibility index (Phi) is 3.68. The molecule has 6 nitrogen and oxygen atoms in total. The molecule has 2 heterocycles. The normalized spacial score (nSPS) is 16.3. The predicted octanol–water partition coefficient (Wildman–Crippen LogP) is 2.07. The van der Waals surface area contributed by atoms with Crippen molar-refractivity contribution < 1.29 is 26.1 Å². The third kappa shape index (κ3) is 3.22. The van der Waals surface area contributed by atoms with Gasteiger partial charge in [0.05, 0.1) is 6.26 Å². The van der Waals surface area contributed by atoms with Gasteiger partial charge in [0, 0.05) is 18.7 Å². The summed E-state index contributed by atoms with van der Waals surface area (Å²) in [4.78, 5) is 3.35. The monoisotopic (exact) mass is 347 g/mol. The fraction of sp³-hybridized carbons (Fsp3) is 0.385. The molecule has 0 radical (unpaired) electrons. The number of hydrogen-bond donors (Lipinski definition) is 0. The van der Waals surface area contributed by atoms with E-state index in [1.165, 1.54) is 4.31 Å².